The molecule has 7 nitrogen and oxygen atoms in total. The Balaban J connectivity index is 1.63. The Bertz CT molecular complexity index is 1240. The lowest BCUT2D eigenvalue weighted by Crippen LogP contribution is -2.42. The summed E-state index contributed by atoms with van der Waals surface area (Å²) in [5, 5.41) is 13.3. The molecule has 2 aliphatic heterocycles. The van der Waals surface area contributed by atoms with Crippen LogP contribution < -0.4 is 5.32 Å². The second-order valence-corrected chi connectivity index (χ2v) is 9.94. The van der Waals surface area contributed by atoms with Crippen molar-refractivity contribution in [2.45, 2.75) is 23.5 Å². The van der Waals surface area contributed by atoms with Gasteiger partial charge in [-0.1, -0.05) is 24.3 Å². The molecule has 31 heavy (non-hydrogen) atoms. The van der Waals surface area contributed by atoms with Gasteiger partial charge in [-0.15, -0.1) is 0 Å². The van der Waals surface area contributed by atoms with Crippen LogP contribution in [0.25, 0.3) is 11.1 Å². The third kappa shape index (κ3) is 3.24. The number of nitrogens with one attached hydrogen (secondary N) is 1. The minimum Gasteiger partial charge on any atom is -0.394 e. The summed E-state index contributed by atoms with van der Waals surface area (Å²) in [5.41, 5.74) is 2.68. The number of aromatic nitrogens is 2. The van der Waals surface area contributed by atoms with E-state index in [-0.39, 0.29) is 29.4 Å². The summed E-state index contributed by atoms with van der Waals surface area (Å²) in [6.45, 7) is 0.225. The van der Waals surface area contributed by atoms with Crippen LogP contribution in [0.4, 0.5) is 10.1 Å². The molecule has 5 rings (SSSR count). The van der Waals surface area contributed by atoms with Gasteiger partial charge in [-0.05, 0) is 35.7 Å². The van der Waals surface area contributed by atoms with Gasteiger partial charge in [0, 0.05) is 37.0 Å². The van der Waals surface area contributed by atoms with Crippen LogP contribution in [-0.4, -0.2) is 46.6 Å². The molecule has 0 amide bonds. The molecule has 0 unspecified atom stereocenters. The first kappa shape index (κ1) is 20.2. The average molecular weight is 443 g/mol. The normalized spacial score (nSPS) is 23.3. The molecule has 2 aliphatic rings. The van der Waals surface area contributed by atoms with Crippen molar-refractivity contribution < 1.29 is 17.9 Å². The third-order valence-corrected chi connectivity index (χ3v) is 8.03. The summed E-state index contributed by atoms with van der Waals surface area (Å²) < 4.78 is 44.3. The van der Waals surface area contributed by atoms with E-state index < -0.39 is 16.1 Å². The van der Waals surface area contributed by atoms with Gasteiger partial charge < -0.3 is 15.0 Å². The number of aliphatic hydroxyl groups is 1. The van der Waals surface area contributed by atoms with Gasteiger partial charge in [0.15, 0.2) is 5.03 Å². The van der Waals surface area contributed by atoms with E-state index in [1.54, 1.807) is 29.8 Å². The zero-order chi connectivity index (χ0) is 21.8. The Morgan fingerprint density at radius 3 is 2.77 bits per heavy atom. The monoisotopic (exact) mass is 442 g/mol. The quantitative estimate of drug-likeness (QED) is 0.649. The van der Waals surface area contributed by atoms with Gasteiger partial charge in [0.05, 0.1) is 25.0 Å². The standard InChI is InChI=1S/C22H23FN4O3S/c1-26-11-21(24-13-26)31(29,30)27-9-8-16-20(12-28)25-19-7-6-14(10-17(19)22(16)27)15-4-2-3-5-18(15)23/h2-7,10-11,13,16,20,22,25,28H,8-9,12H2,1H3/t16-,20+,22-/m1/s1. The van der Waals surface area contributed by atoms with E-state index in [1.165, 1.54) is 22.9 Å². The van der Waals surface area contributed by atoms with E-state index in [0.29, 0.717) is 24.1 Å². The zero-order valence-corrected chi connectivity index (χ0v) is 17.8. The summed E-state index contributed by atoms with van der Waals surface area (Å²) in [4.78, 5) is 4.06. The fraction of sp³-hybridized carbons (Fsp3) is 0.318. The fourth-order valence-electron chi connectivity index (χ4n) is 4.80. The van der Waals surface area contributed by atoms with E-state index in [4.69, 9.17) is 0 Å². The molecule has 162 valence electrons. The molecule has 1 aromatic heterocycles. The average Bonchev–Trinajstić information content (AvgIpc) is 3.41. The third-order valence-electron chi connectivity index (χ3n) is 6.26. The molecule has 1 saturated heterocycles. The van der Waals surface area contributed by atoms with Gasteiger partial charge in [0.25, 0.3) is 10.0 Å². The van der Waals surface area contributed by atoms with Crippen LogP contribution in [-0.2, 0) is 17.1 Å². The predicted molar refractivity (Wildman–Crippen MR) is 114 cm³/mol. The van der Waals surface area contributed by atoms with E-state index in [2.05, 4.69) is 10.3 Å². The maximum absolute atomic E-state index is 14.4. The Kier molecular flexibility index (Phi) is 4.84. The summed E-state index contributed by atoms with van der Waals surface area (Å²) in [7, 11) is -2.11. The minimum absolute atomic E-state index is 0.00143. The van der Waals surface area contributed by atoms with Crippen LogP contribution in [0.5, 0.6) is 0 Å². The summed E-state index contributed by atoms with van der Waals surface area (Å²) in [6.07, 6.45) is 3.56. The Morgan fingerprint density at radius 2 is 2.06 bits per heavy atom. The summed E-state index contributed by atoms with van der Waals surface area (Å²) >= 11 is 0. The van der Waals surface area contributed by atoms with Gasteiger partial charge in [-0.3, -0.25) is 0 Å². The highest BCUT2D eigenvalue weighted by Gasteiger charge is 2.49. The SMILES string of the molecule is Cn1cnc(S(=O)(=O)N2CC[C@@H]3[C@H](CO)Nc4ccc(-c5ccccc5F)cc4[C@@H]32)c1. The highest BCUT2D eigenvalue weighted by atomic mass is 32.2. The lowest BCUT2D eigenvalue weighted by atomic mass is 9.82. The van der Waals surface area contributed by atoms with Crippen molar-refractivity contribution in [3.63, 3.8) is 0 Å². The number of sulfonamides is 1. The number of aryl methyl sites for hydroxylation is 1. The van der Waals surface area contributed by atoms with Crippen molar-refractivity contribution in [2.24, 2.45) is 13.0 Å². The molecule has 2 aromatic carbocycles. The number of rotatable bonds is 4. The van der Waals surface area contributed by atoms with Crippen molar-refractivity contribution in [2.75, 3.05) is 18.5 Å². The molecule has 2 N–H and O–H groups in total. The number of hydrogen-bond donors (Lipinski definition) is 2. The van der Waals surface area contributed by atoms with E-state index in [1.807, 2.05) is 18.2 Å². The number of aliphatic hydroxyl groups excluding tert-OH is 1. The molecular formula is C22H23FN4O3S. The topological polar surface area (TPSA) is 87.5 Å². The maximum atomic E-state index is 14.4. The molecule has 0 saturated carbocycles. The largest absolute Gasteiger partial charge is 0.394 e. The lowest BCUT2D eigenvalue weighted by Gasteiger charge is -2.38. The van der Waals surface area contributed by atoms with E-state index in [0.717, 1.165) is 11.3 Å². The van der Waals surface area contributed by atoms with Crippen molar-refractivity contribution in [1.82, 2.24) is 13.9 Å². The van der Waals surface area contributed by atoms with Crippen LogP contribution in [0.1, 0.15) is 18.0 Å². The first-order valence-corrected chi connectivity index (χ1v) is 11.6. The molecular weight excluding hydrogens is 419 g/mol. The Morgan fingerprint density at radius 1 is 1.26 bits per heavy atom. The van der Waals surface area contributed by atoms with Gasteiger partial charge in [-0.2, -0.15) is 4.31 Å². The number of nitrogens with zero attached hydrogens (tertiary/aromatic N) is 3. The molecule has 3 atom stereocenters. The first-order chi connectivity index (χ1) is 14.9. The van der Waals surface area contributed by atoms with Gasteiger partial charge in [0.1, 0.15) is 5.82 Å². The zero-order valence-electron chi connectivity index (χ0n) is 16.9. The smallest absolute Gasteiger partial charge is 0.262 e. The minimum atomic E-state index is -3.83. The number of fused-ring (bicyclic) bond motifs is 3. The Labute approximate surface area is 180 Å². The number of hydrogen-bond acceptors (Lipinski definition) is 5. The summed E-state index contributed by atoms with van der Waals surface area (Å²) in [6, 6.07) is 11.3. The van der Waals surface area contributed by atoms with E-state index in [9.17, 15) is 17.9 Å². The van der Waals surface area contributed by atoms with Crippen LogP contribution in [0.3, 0.4) is 0 Å². The first-order valence-electron chi connectivity index (χ1n) is 10.2. The number of anilines is 1. The van der Waals surface area contributed by atoms with Crippen molar-refractivity contribution in [3.05, 3.63) is 66.4 Å². The number of benzene rings is 2. The van der Waals surface area contributed by atoms with Gasteiger partial charge in [0.2, 0.25) is 0 Å². The highest BCUT2D eigenvalue weighted by molar-refractivity contribution is 7.89. The van der Waals surface area contributed by atoms with Crippen LogP contribution >= 0.6 is 0 Å². The highest BCUT2D eigenvalue weighted by Crippen LogP contribution is 2.49. The second kappa shape index (κ2) is 7.44. The van der Waals surface area contributed by atoms with Crippen LogP contribution in [0.15, 0.2) is 60.0 Å². The van der Waals surface area contributed by atoms with Crippen LogP contribution in [0, 0.1) is 11.7 Å². The molecule has 3 heterocycles. The van der Waals surface area contributed by atoms with Gasteiger partial charge in [-0.25, -0.2) is 17.8 Å². The summed E-state index contributed by atoms with van der Waals surface area (Å²) in [5.74, 6) is -0.438. The maximum Gasteiger partial charge on any atom is 0.262 e. The number of halogens is 1. The van der Waals surface area contributed by atoms with Crippen LogP contribution in [0.2, 0.25) is 0 Å². The molecule has 3 aromatic rings. The van der Waals surface area contributed by atoms with Crippen molar-refractivity contribution in [3.8, 4) is 11.1 Å². The van der Waals surface area contributed by atoms with Crippen molar-refractivity contribution in [1.29, 1.82) is 0 Å². The fourth-order valence-corrected chi connectivity index (χ4v) is 6.43. The molecule has 0 bridgehead atoms. The van der Waals surface area contributed by atoms with Crippen molar-refractivity contribution >= 4 is 15.7 Å². The second-order valence-electron chi connectivity index (χ2n) is 8.11. The number of imidazole rings is 1. The molecule has 9 heteroatoms. The van der Waals surface area contributed by atoms with Gasteiger partial charge >= 0.3 is 0 Å². The lowest BCUT2D eigenvalue weighted by molar-refractivity contribution is 0.210. The molecule has 0 aliphatic carbocycles. The molecule has 1 fully saturated rings. The van der Waals surface area contributed by atoms with E-state index >= 15 is 0 Å². The predicted octanol–water partition coefficient (Wildman–Crippen LogP) is 2.76. The molecule has 0 radical (unpaired) electrons. The molecule has 0 spiro atoms. The Hall–Kier alpha value is -2.75.